The molecule has 6 nitrogen and oxygen atoms in total. The summed E-state index contributed by atoms with van der Waals surface area (Å²) < 4.78 is 14.4. The third kappa shape index (κ3) is 4.10. The highest BCUT2D eigenvalue weighted by molar-refractivity contribution is 5.96. The van der Waals surface area contributed by atoms with Gasteiger partial charge in [0.25, 0.3) is 0 Å². The third-order valence-corrected chi connectivity index (χ3v) is 4.48. The molecule has 2 N–H and O–H groups in total. The van der Waals surface area contributed by atoms with E-state index >= 15 is 0 Å². The van der Waals surface area contributed by atoms with E-state index < -0.39 is 6.03 Å². The molecule has 3 amide bonds. The first kappa shape index (κ1) is 16.9. The second-order valence-corrected chi connectivity index (χ2v) is 6.54. The number of piperazine rings is 1. The molecule has 0 spiro atoms. The number of nitrogens with zero attached hydrogens (tertiary/aromatic N) is 2. The van der Waals surface area contributed by atoms with E-state index in [1.165, 1.54) is 11.0 Å². The van der Waals surface area contributed by atoms with Gasteiger partial charge in [-0.3, -0.25) is 15.0 Å². The van der Waals surface area contributed by atoms with Gasteiger partial charge in [0.15, 0.2) is 0 Å². The Morgan fingerprint density at radius 3 is 2.79 bits per heavy atom. The number of amides is 3. The molecule has 0 saturated carbocycles. The molecule has 3 rings (SSSR count). The second kappa shape index (κ2) is 7.27. The predicted octanol–water partition coefficient (Wildman–Crippen LogP) is 1.06. The smallest absolute Gasteiger partial charge is 0.320 e. The molecule has 1 aromatic rings. The van der Waals surface area contributed by atoms with Crippen molar-refractivity contribution < 1.29 is 14.0 Å². The molecular formula is C17H23FN4O2. The van der Waals surface area contributed by atoms with Gasteiger partial charge >= 0.3 is 6.03 Å². The Hall–Kier alpha value is -1.99. The van der Waals surface area contributed by atoms with Gasteiger partial charge in [-0.05, 0) is 18.6 Å². The van der Waals surface area contributed by atoms with Gasteiger partial charge in [-0.25, -0.2) is 9.18 Å². The summed E-state index contributed by atoms with van der Waals surface area (Å²) in [5, 5.41) is 5.65. The molecule has 2 heterocycles. The summed E-state index contributed by atoms with van der Waals surface area (Å²) in [7, 11) is 0. The number of halogens is 1. The number of carbonyl (C=O) groups is 2. The number of hydrogen-bond acceptors (Lipinski definition) is 4. The maximum absolute atomic E-state index is 14.4. The van der Waals surface area contributed by atoms with Crippen LogP contribution in [-0.2, 0) is 17.9 Å². The van der Waals surface area contributed by atoms with Crippen molar-refractivity contribution in [2.75, 3.05) is 26.2 Å². The molecule has 0 radical (unpaired) electrons. The van der Waals surface area contributed by atoms with Crippen molar-refractivity contribution in [3.63, 3.8) is 0 Å². The van der Waals surface area contributed by atoms with Crippen molar-refractivity contribution in [1.29, 1.82) is 0 Å². The maximum atomic E-state index is 14.4. The van der Waals surface area contributed by atoms with Crippen LogP contribution in [0, 0.1) is 5.82 Å². The monoisotopic (exact) mass is 334 g/mol. The Morgan fingerprint density at radius 2 is 2.08 bits per heavy atom. The molecule has 0 bridgehead atoms. The first-order valence-electron chi connectivity index (χ1n) is 8.33. The Bertz CT molecular complexity index is 637. The van der Waals surface area contributed by atoms with Crippen LogP contribution in [0.15, 0.2) is 18.2 Å². The normalized spacial score (nSPS) is 22.6. The highest BCUT2D eigenvalue weighted by Crippen LogP contribution is 2.16. The van der Waals surface area contributed by atoms with Crippen LogP contribution in [0.1, 0.15) is 24.5 Å². The van der Waals surface area contributed by atoms with Gasteiger partial charge in [0, 0.05) is 57.3 Å². The third-order valence-electron chi connectivity index (χ3n) is 4.48. The number of imide groups is 1. The van der Waals surface area contributed by atoms with E-state index in [1.807, 2.05) is 6.07 Å². The lowest BCUT2D eigenvalue weighted by Gasteiger charge is -2.32. The van der Waals surface area contributed by atoms with Crippen LogP contribution in [0.25, 0.3) is 0 Å². The van der Waals surface area contributed by atoms with Crippen LogP contribution in [0.5, 0.6) is 0 Å². The summed E-state index contributed by atoms with van der Waals surface area (Å²) in [5.74, 6) is -0.504. The van der Waals surface area contributed by atoms with Crippen LogP contribution in [0.4, 0.5) is 9.18 Å². The maximum Gasteiger partial charge on any atom is 0.324 e. The predicted molar refractivity (Wildman–Crippen MR) is 87.7 cm³/mol. The molecule has 2 aliphatic heterocycles. The summed E-state index contributed by atoms with van der Waals surface area (Å²) in [6, 6.07) is 5.15. The summed E-state index contributed by atoms with van der Waals surface area (Å²) in [6.07, 6.45) is 0.285. The highest BCUT2D eigenvalue weighted by atomic mass is 19.1. The Kier molecular flexibility index (Phi) is 5.11. The highest BCUT2D eigenvalue weighted by Gasteiger charge is 2.23. The van der Waals surface area contributed by atoms with E-state index in [9.17, 15) is 14.0 Å². The number of carbonyl (C=O) groups excluding carboxylic acids is 2. The molecule has 0 unspecified atom stereocenters. The fourth-order valence-corrected chi connectivity index (χ4v) is 3.18. The molecule has 1 aromatic carbocycles. The first-order valence-corrected chi connectivity index (χ1v) is 8.33. The fourth-order valence-electron chi connectivity index (χ4n) is 3.18. The van der Waals surface area contributed by atoms with Crippen molar-refractivity contribution in [2.24, 2.45) is 0 Å². The fraction of sp³-hybridized carbons (Fsp3) is 0.529. The topological polar surface area (TPSA) is 64.7 Å². The van der Waals surface area contributed by atoms with Crippen LogP contribution in [-0.4, -0.2) is 54.0 Å². The van der Waals surface area contributed by atoms with Crippen LogP contribution < -0.4 is 10.6 Å². The largest absolute Gasteiger partial charge is 0.324 e. The molecule has 1 atom stereocenters. The van der Waals surface area contributed by atoms with E-state index in [-0.39, 0.29) is 18.1 Å². The molecule has 0 aliphatic carbocycles. The molecule has 0 aromatic heterocycles. The van der Waals surface area contributed by atoms with Crippen LogP contribution in [0.2, 0.25) is 0 Å². The standard InChI is InChI=1S/C17H23FN4O2/c1-12-9-21(7-5-19-12)11-14-3-2-13(8-15(14)18)10-22-6-4-16(23)20-17(22)24/h2-3,8,12,19H,4-7,9-11H2,1H3,(H,20,23,24)/t12-/m0/s1. The average Bonchev–Trinajstić information content (AvgIpc) is 2.53. The molecule has 2 aliphatic rings. The minimum Gasteiger partial charge on any atom is -0.320 e. The molecule has 130 valence electrons. The molecule has 2 saturated heterocycles. The SMILES string of the molecule is C[C@H]1CN(Cc2ccc(CN3CCC(=O)NC3=O)cc2F)CCN1. The zero-order chi connectivity index (χ0) is 17.1. The van der Waals surface area contributed by atoms with Crippen molar-refractivity contribution in [3.8, 4) is 0 Å². The molecule has 24 heavy (non-hydrogen) atoms. The van der Waals surface area contributed by atoms with Gasteiger partial charge in [-0.2, -0.15) is 0 Å². The number of rotatable bonds is 4. The first-order chi connectivity index (χ1) is 11.5. The minimum atomic E-state index is -0.412. The Labute approximate surface area is 141 Å². The summed E-state index contributed by atoms with van der Waals surface area (Å²) >= 11 is 0. The lowest BCUT2D eigenvalue weighted by molar-refractivity contribution is -0.121. The Balaban J connectivity index is 1.62. The van der Waals surface area contributed by atoms with E-state index in [2.05, 4.69) is 22.5 Å². The number of nitrogens with one attached hydrogen (secondary N) is 2. The summed E-state index contributed by atoms with van der Waals surface area (Å²) in [6.45, 7) is 6.13. The lowest BCUT2D eigenvalue weighted by Crippen LogP contribution is -2.49. The molecular weight excluding hydrogens is 311 g/mol. The Morgan fingerprint density at radius 1 is 1.25 bits per heavy atom. The van der Waals surface area contributed by atoms with Gasteiger partial charge in [0.2, 0.25) is 5.91 Å². The number of hydrogen-bond donors (Lipinski definition) is 2. The van der Waals surface area contributed by atoms with Gasteiger partial charge in [-0.1, -0.05) is 12.1 Å². The molecule has 7 heteroatoms. The average molecular weight is 334 g/mol. The second-order valence-electron chi connectivity index (χ2n) is 6.54. The van der Waals surface area contributed by atoms with E-state index in [0.29, 0.717) is 31.2 Å². The zero-order valence-corrected chi connectivity index (χ0v) is 13.8. The zero-order valence-electron chi connectivity index (χ0n) is 13.8. The minimum absolute atomic E-state index is 0.243. The number of urea groups is 1. The van der Waals surface area contributed by atoms with Gasteiger partial charge in [-0.15, -0.1) is 0 Å². The van der Waals surface area contributed by atoms with Crippen LogP contribution in [0.3, 0.4) is 0 Å². The van der Waals surface area contributed by atoms with E-state index in [4.69, 9.17) is 0 Å². The van der Waals surface area contributed by atoms with Gasteiger partial charge in [0.1, 0.15) is 5.82 Å². The quantitative estimate of drug-likeness (QED) is 0.864. The van der Waals surface area contributed by atoms with Crippen molar-refractivity contribution in [2.45, 2.75) is 32.5 Å². The molecule has 2 fully saturated rings. The van der Waals surface area contributed by atoms with Gasteiger partial charge in [0.05, 0.1) is 0 Å². The van der Waals surface area contributed by atoms with Crippen LogP contribution >= 0.6 is 0 Å². The summed E-state index contributed by atoms with van der Waals surface area (Å²) in [5.41, 5.74) is 1.40. The van der Waals surface area contributed by atoms with Crippen molar-refractivity contribution >= 4 is 11.9 Å². The van der Waals surface area contributed by atoms with E-state index in [0.717, 1.165) is 25.2 Å². The van der Waals surface area contributed by atoms with Gasteiger partial charge < -0.3 is 10.2 Å². The summed E-state index contributed by atoms with van der Waals surface area (Å²) in [4.78, 5) is 26.7. The van der Waals surface area contributed by atoms with Crippen molar-refractivity contribution in [1.82, 2.24) is 20.4 Å². The van der Waals surface area contributed by atoms with E-state index in [1.54, 1.807) is 6.07 Å². The number of benzene rings is 1. The lowest BCUT2D eigenvalue weighted by atomic mass is 10.1. The van der Waals surface area contributed by atoms with Crippen molar-refractivity contribution in [3.05, 3.63) is 35.1 Å².